The number of nitrogens with zero attached hydrogens (tertiary/aromatic N) is 1. The molecule has 0 aliphatic carbocycles. The SMILES string of the molecule is NCC(c1ccc2c(c1)OCCCO2)N1CCCOCC1. The van der Waals surface area contributed by atoms with Crippen molar-refractivity contribution in [2.45, 2.75) is 18.9 Å². The Bertz CT molecular complexity index is 459. The summed E-state index contributed by atoms with van der Waals surface area (Å²) < 4.78 is 17.0. The Morgan fingerprint density at radius 3 is 2.71 bits per heavy atom. The van der Waals surface area contributed by atoms with Crippen LogP contribution in [0.15, 0.2) is 18.2 Å². The van der Waals surface area contributed by atoms with Gasteiger partial charge in [0.1, 0.15) is 0 Å². The molecule has 5 heteroatoms. The molecule has 1 atom stereocenters. The second-order valence-electron chi connectivity index (χ2n) is 5.51. The molecule has 1 saturated heterocycles. The molecule has 1 aromatic carbocycles. The predicted molar refractivity (Wildman–Crippen MR) is 80.9 cm³/mol. The highest BCUT2D eigenvalue weighted by Gasteiger charge is 2.22. The van der Waals surface area contributed by atoms with Crippen LogP contribution in [0.3, 0.4) is 0 Å². The molecule has 1 unspecified atom stereocenters. The number of rotatable bonds is 3. The van der Waals surface area contributed by atoms with Crippen molar-refractivity contribution in [1.29, 1.82) is 0 Å². The summed E-state index contributed by atoms with van der Waals surface area (Å²) in [5.74, 6) is 1.68. The molecule has 0 amide bonds. The summed E-state index contributed by atoms with van der Waals surface area (Å²) in [7, 11) is 0. The second-order valence-corrected chi connectivity index (χ2v) is 5.51. The molecule has 1 aromatic rings. The first kappa shape index (κ1) is 14.6. The maximum atomic E-state index is 6.04. The summed E-state index contributed by atoms with van der Waals surface area (Å²) in [6, 6.07) is 6.41. The van der Waals surface area contributed by atoms with Crippen LogP contribution in [0.25, 0.3) is 0 Å². The molecule has 21 heavy (non-hydrogen) atoms. The van der Waals surface area contributed by atoms with Gasteiger partial charge in [0.05, 0.1) is 19.8 Å². The molecule has 0 saturated carbocycles. The molecular formula is C16H24N2O3. The van der Waals surface area contributed by atoms with Gasteiger partial charge in [0.25, 0.3) is 0 Å². The molecular weight excluding hydrogens is 268 g/mol. The van der Waals surface area contributed by atoms with E-state index >= 15 is 0 Å². The van der Waals surface area contributed by atoms with Gasteiger partial charge in [0.15, 0.2) is 11.5 Å². The van der Waals surface area contributed by atoms with Crippen molar-refractivity contribution in [2.75, 3.05) is 46.1 Å². The molecule has 2 aliphatic heterocycles. The van der Waals surface area contributed by atoms with E-state index in [2.05, 4.69) is 17.0 Å². The Labute approximate surface area is 126 Å². The highest BCUT2D eigenvalue weighted by Crippen LogP contribution is 2.33. The zero-order valence-corrected chi connectivity index (χ0v) is 12.4. The molecule has 3 rings (SSSR count). The summed E-state index contributed by atoms with van der Waals surface area (Å²) in [6.07, 6.45) is 1.98. The number of hydrogen-bond acceptors (Lipinski definition) is 5. The highest BCUT2D eigenvalue weighted by molar-refractivity contribution is 5.44. The van der Waals surface area contributed by atoms with E-state index in [0.29, 0.717) is 13.2 Å². The van der Waals surface area contributed by atoms with E-state index in [9.17, 15) is 0 Å². The fourth-order valence-electron chi connectivity index (χ4n) is 2.96. The van der Waals surface area contributed by atoms with Crippen molar-refractivity contribution in [3.05, 3.63) is 23.8 Å². The summed E-state index contributed by atoms with van der Waals surface area (Å²) in [5.41, 5.74) is 7.24. The largest absolute Gasteiger partial charge is 0.490 e. The van der Waals surface area contributed by atoms with Gasteiger partial charge in [-0.2, -0.15) is 0 Å². The van der Waals surface area contributed by atoms with Crippen molar-refractivity contribution in [3.8, 4) is 11.5 Å². The number of fused-ring (bicyclic) bond motifs is 1. The first-order valence-electron chi connectivity index (χ1n) is 7.80. The molecule has 2 N–H and O–H groups in total. The van der Waals surface area contributed by atoms with Crippen molar-refractivity contribution in [1.82, 2.24) is 4.90 Å². The Morgan fingerprint density at radius 1 is 1.00 bits per heavy atom. The molecule has 1 fully saturated rings. The van der Waals surface area contributed by atoms with Crippen LogP contribution in [0, 0.1) is 0 Å². The maximum Gasteiger partial charge on any atom is 0.161 e. The minimum Gasteiger partial charge on any atom is -0.490 e. The molecule has 0 radical (unpaired) electrons. The van der Waals surface area contributed by atoms with Crippen molar-refractivity contribution < 1.29 is 14.2 Å². The number of ether oxygens (including phenoxy) is 3. The van der Waals surface area contributed by atoms with E-state index in [4.69, 9.17) is 19.9 Å². The fourth-order valence-corrected chi connectivity index (χ4v) is 2.96. The first-order valence-corrected chi connectivity index (χ1v) is 7.80. The fraction of sp³-hybridized carbons (Fsp3) is 0.625. The van der Waals surface area contributed by atoms with Gasteiger partial charge in [-0.25, -0.2) is 0 Å². The number of hydrogen-bond donors (Lipinski definition) is 1. The molecule has 2 aliphatic rings. The summed E-state index contributed by atoms with van der Waals surface area (Å²) in [5, 5.41) is 0. The summed E-state index contributed by atoms with van der Waals surface area (Å²) in [6.45, 7) is 5.60. The maximum absolute atomic E-state index is 6.04. The third-order valence-electron chi connectivity index (χ3n) is 4.08. The van der Waals surface area contributed by atoms with Gasteiger partial charge in [-0.15, -0.1) is 0 Å². The average Bonchev–Trinajstić information content (AvgIpc) is 2.90. The van der Waals surface area contributed by atoms with Crippen molar-refractivity contribution >= 4 is 0 Å². The third kappa shape index (κ3) is 3.48. The van der Waals surface area contributed by atoms with Gasteiger partial charge in [0.2, 0.25) is 0 Å². The Balaban J connectivity index is 1.81. The van der Waals surface area contributed by atoms with Gasteiger partial charge in [-0.05, 0) is 24.1 Å². The van der Waals surface area contributed by atoms with Crippen LogP contribution in [0.4, 0.5) is 0 Å². The minimum absolute atomic E-state index is 0.212. The van der Waals surface area contributed by atoms with Crippen LogP contribution >= 0.6 is 0 Å². The molecule has 2 heterocycles. The van der Waals surface area contributed by atoms with Crippen LogP contribution in [0.5, 0.6) is 11.5 Å². The zero-order chi connectivity index (χ0) is 14.5. The Hall–Kier alpha value is -1.30. The predicted octanol–water partition coefficient (Wildman–Crippen LogP) is 1.57. The lowest BCUT2D eigenvalue weighted by atomic mass is 10.0. The highest BCUT2D eigenvalue weighted by atomic mass is 16.5. The minimum atomic E-state index is 0.212. The lowest BCUT2D eigenvalue weighted by Crippen LogP contribution is -2.35. The van der Waals surface area contributed by atoms with Crippen LogP contribution in [-0.2, 0) is 4.74 Å². The quantitative estimate of drug-likeness (QED) is 0.916. The van der Waals surface area contributed by atoms with E-state index in [-0.39, 0.29) is 6.04 Å². The van der Waals surface area contributed by atoms with Crippen LogP contribution < -0.4 is 15.2 Å². The number of nitrogens with two attached hydrogens (primary N) is 1. The molecule has 0 bridgehead atoms. The van der Waals surface area contributed by atoms with E-state index in [1.807, 2.05) is 6.07 Å². The van der Waals surface area contributed by atoms with E-state index in [1.54, 1.807) is 0 Å². The van der Waals surface area contributed by atoms with E-state index in [0.717, 1.165) is 57.3 Å². The van der Waals surface area contributed by atoms with E-state index < -0.39 is 0 Å². The zero-order valence-electron chi connectivity index (χ0n) is 12.4. The lowest BCUT2D eigenvalue weighted by molar-refractivity contribution is 0.132. The monoisotopic (exact) mass is 292 g/mol. The lowest BCUT2D eigenvalue weighted by Gasteiger charge is -2.29. The second kappa shape index (κ2) is 7.11. The summed E-state index contributed by atoms with van der Waals surface area (Å²) in [4.78, 5) is 2.41. The number of benzene rings is 1. The van der Waals surface area contributed by atoms with Crippen molar-refractivity contribution in [2.24, 2.45) is 5.73 Å². The molecule has 5 nitrogen and oxygen atoms in total. The Morgan fingerprint density at radius 2 is 1.86 bits per heavy atom. The van der Waals surface area contributed by atoms with Gasteiger partial charge in [0, 0.05) is 38.7 Å². The van der Waals surface area contributed by atoms with Crippen molar-refractivity contribution in [3.63, 3.8) is 0 Å². The van der Waals surface area contributed by atoms with Crippen LogP contribution in [0.2, 0.25) is 0 Å². The average molecular weight is 292 g/mol. The van der Waals surface area contributed by atoms with Gasteiger partial charge in [-0.3, -0.25) is 4.90 Å². The molecule has 0 aromatic heterocycles. The van der Waals surface area contributed by atoms with Gasteiger partial charge < -0.3 is 19.9 Å². The van der Waals surface area contributed by atoms with Crippen LogP contribution in [0.1, 0.15) is 24.4 Å². The van der Waals surface area contributed by atoms with Crippen LogP contribution in [-0.4, -0.2) is 51.0 Å². The summed E-state index contributed by atoms with van der Waals surface area (Å²) >= 11 is 0. The molecule has 0 spiro atoms. The normalized spacial score (nSPS) is 21.4. The van der Waals surface area contributed by atoms with Gasteiger partial charge in [-0.1, -0.05) is 6.07 Å². The van der Waals surface area contributed by atoms with E-state index in [1.165, 1.54) is 5.56 Å². The van der Waals surface area contributed by atoms with Gasteiger partial charge >= 0.3 is 0 Å². The topological polar surface area (TPSA) is 57.0 Å². The smallest absolute Gasteiger partial charge is 0.161 e. The molecule has 116 valence electrons. The standard InChI is InChI=1S/C16H24N2O3/c17-12-14(18-5-1-7-19-10-6-18)13-3-4-15-16(11-13)21-9-2-8-20-15/h3-4,11,14H,1-2,5-10,12,17H2. The Kier molecular flexibility index (Phi) is 4.95. The third-order valence-corrected chi connectivity index (χ3v) is 4.08. The first-order chi connectivity index (χ1) is 10.4.